The Labute approximate surface area is 241 Å². The van der Waals surface area contributed by atoms with E-state index >= 15 is 0 Å². The maximum Gasteiger partial charge on any atom is 0.358 e. The minimum absolute atomic E-state index is 0.0325. The van der Waals surface area contributed by atoms with Crippen LogP contribution in [0.25, 0.3) is 0 Å². The van der Waals surface area contributed by atoms with Crippen molar-refractivity contribution in [2.75, 3.05) is 13.2 Å². The van der Waals surface area contributed by atoms with Gasteiger partial charge < -0.3 is 24.4 Å². The van der Waals surface area contributed by atoms with Crippen LogP contribution in [0.15, 0.2) is 24.3 Å². The molecular formula is C28H43Cl3O7. The van der Waals surface area contributed by atoms with Gasteiger partial charge in [0.2, 0.25) is 0 Å². The van der Waals surface area contributed by atoms with Crippen molar-refractivity contribution in [3.8, 4) is 0 Å². The number of aliphatic carboxylic acids is 1. The minimum atomic E-state index is -2.15. The molecule has 218 valence electrons. The molecule has 2 aliphatic rings. The van der Waals surface area contributed by atoms with E-state index in [1.165, 1.54) is 0 Å². The largest absolute Gasteiger partial charge is 0.481 e. The van der Waals surface area contributed by atoms with Crippen molar-refractivity contribution in [2.24, 2.45) is 17.8 Å². The van der Waals surface area contributed by atoms with E-state index in [1.54, 1.807) is 0 Å². The Balaban J connectivity index is 2.12. The number of ether oxygens (including phenoxy) is 3. The van der Waals surface area contributed by atoms with E-state index in [0.29, 0.717) is 32.3 Å². The highest BCUT2D eigenvalue weighted by Crippen LogP contribution is 2.41. The maximum atomic E-state index is 12.1. The van der Waals surface area contributed by atoms with E-state index in [2.05, 4.69) is 19.1 Å². The first-order chi connectivity index (χ1) is 18.1. The number of carbonyl (C=O) groups is 2. The van der Waals surface area contributed by atoms with Crippen molar-refractivity contribution >= 4 is 46.7 Å². The molecule has 0 bridgehead atoms. The van der Waals surface area contributed by atoms with Crippen LogP contribution in [0.5, 0.6) is 0 Å². The number of carboxylic acid groups (broad SMARTS) is 1. The van der Waals surface area contributed by atoms with E-state index in [9.17, 15) is 14.7 Å². The third kappa shape index (κ3) is 12.6. The summed E-state index contributed by atoms with van der Waals surface area (Å²) < 4.78 is 15.3. The molecular weight excluding hydrogens is 555 g/mol. The Morgan fingerprint density at radius 1 is 1.16 bits per heavy atom. The Bertz CT molecular complexity index is 762. The Morgan fingerprint density at radius 3 is 2.61 bits per heavy atom. The first-order valence-corrected chi connectivity index (χ1v) is 15.0. The van der Waals surface area contributed by atoms with E-state index in [4.69, 9.17) is 54.1 Å². The molecule has 1 aliphatic heterocycles. The molecule has 2 fully saturated rings. The molecule has 0 aromatic heterocycles. The van der Waals surface area contributed by atoms with Crippen molar-refractivity contribution in [1.29, 1.82) is 0 Å². The fourth-order valence-electron chi connectivity index (χ4n) is 5.12. The average molecular weight is 598 g/mol. The van der Waals surface area contributed by atoms with Gasteiger partial charge >= 0.3 is 11.9 Å². The molecule has 1 saturated heterocycles. The predicted molar refractivity (Wildman–Crippen MR) is 149 cm³/mol. The standard InChI is InChI=1S/C28H43Cl3O7/c1-2-3-6-11-21(38-26-14-9-10-17-36-26)15-16-22-20(19-37-27(35)28(29,30)31)18-24(32)23(22)12-7-4-5-8-13-25(33)34/h4,7,15-16,20-24,26,32H,2-3,5-6,8-14,17-19H2,1H3,(H,33,34)/b7-4-,16-15+/t20-,21?,22-,23+,24?,26?/m0/s1. The third-order valence-corrected chi connectivity index (χ3v) is 7.64. The Morgan fingerprint density at radius 2 is 1.95 bits per heavy atom. The number of hydrogen-bond donors (Lipinski definition) is 2. The van der Waals surface area contributed by atoms with Crippen LogP contribution < -0.4 is 0 Å². The van der Waals surface area contributed by atoms with Crippen LogP contribution in [0, 0.1) is 17.8 Å². The van der Waals surface area contributed by atoms with Gasteiger partial charge in [0.05, 0.1) is 18.8 Å². The summed E-state index contributed by atoms with van der Waals surface area (Å²) in [6.07, 6.45) is 16.8. The summed E-state index contributed by atoms with van der Waals surface area (Å²) >= 11 is 17.0. The first kappa shape index (κ1) is 33.4. The van der Waals surface area contributed by atoms with Crippen LogP contribution in [0.2, 0.25) is 0 Å². The van der Waals surface area contributed by atoms with Crippen molar-refractivity contribution in [3.63, 3.8) is 0 Å². The summed E-state index contributed by atoms with van der Waals surface area (Å²) in [4.78, 5) is 22.8. The normalized spacial score (nSPS) is 27.2. The Kier molecular flexibility index (Phi) is 15.6. The lowest BCUT2D eigenvalue weighted by Crippen LogP contribution is -2.28. The van der Waals surface area contributed by atoms with Gasteiger partial charge in [0.25, 0.3) is 3.79 Å². The van der Waals surface area contributed by atoms with Crippen LogP contribution in [0.1, 0.15) is 84.0 Å². The number of unbranched alkanes of at least 4 members (excludes halogenated alkanes) is 3. The molecule has 2 N–H and O–H groups in total. The van der Waals surface area contributed by atoms with Gasteiger partial charge in [-0.3, -0.25) is 4.79 Å². The zero-order valence-corrected chi connectivity index (χ0v) is 24.5. The zero-order valence-electron chi connectivity index (χ0n) is 22.2. The highest BCUT2D eigenvalue weighted by molar-refractivity contribution is 6.75. The van der Waals surface area contributed by atoms with Gasteiger partial charge in [-0.1, -0.05) is 85.3 Å². The lowest BCUT2D eigenvalue weighted by Gasteiger charge is -2.27. The first-order valence-electron chi connectivity index (χ1n) is 13.9. The van der Waals surface area contributed by atoms with Crippen molar-refractivity contribution in [2.45, 2.75) is 106 Å². The van der Waals surface area contributed by atoms with Crippen LogP contribution in [0.4, 0.5) is 0 Å². The number of carboxylic acids is 1. The molecule has 10 heteroatoms. The highest BCUT2D eigenvalue weighted by atomic mass is 35.6. The van der Waals surface area contributed by atoms with E-state index in [1.807, 2.05) is 12.2 Å². The van der Waals surface area contributed by atoms with E-state index < -0.39 is 21.8 Å². The van der Waals surface area contributed by atoms with Crippen molar-refractivity contribution in [1.82, 2.24) is 0 Å². The molecule has 0 spiro atoms. The van der Waals surface area contributed by atoms with Gasteiger partial charge in [0, 0.05) is 18.9 Å². The molecule has 0 radical (unpaired) electrons. The maximum absolute atomic E-state index is 12.1. The molecule has 2 rings (SSSR count). The number of alkyl halides is 3. The molecule has 0 amide bonds. The molecule has 0 aromatic rings. The number of allylic oxidation sites excluding steroid dienone is 3. The number of esters is 1. The second-order valence-corrected chi connectivity index (χ2v) is 12.5. The summed E-state index contributed by atoms with van der Waals surface area (Å²) in [5.41, 5.74) is 0. The number of aliphatic hydroxyl groups excluding tert-OH is 1. The Hall–Kier alpha value is -0.830. The predicted octanol–water partition coefficient (Wildman–Crippen LogP) is 6.76. The number of rotatable bonds is 16. The summed E-state index contributed by atoms with van der Waals surface area (Å²) in [7, 11) is 0. The lowest BCUT2D eigenvalue weighted by molar-refractivity contribution is -0.179. The summed E-state index contributed by atoms with van der Waals surface area (Å²) in [6, 6.07) is 0. The molecule has 38 heavy (non-hydrogen) atoms. The SMILES string of the molecule is CCCCCC(/C=C/[C@H]1[C@H](COC(=O)C(Cl)(Cl)Cl)CC(O)[C@@H]1C/C=C\CCCC(=O)O)OC1CCCCO1. The lowest BCUT2D eigenvalue weighted by atomic mass is 9.86. The van der Waals surface area contributed by atoms with Gasteiger partial charge in [-0.2, -0.15) is 0 Å². The second-order valence-electron chi connectivity index (χ2n) is 10.2. The van der Waals surface area contributed by atoms with E-state index in [-0.39, 0.29) is 43.2 Å². The molecule has 1 heterocycles. The summed E-state index contributed by atoms with van der Waals surface area (Å²) in [5.74, 6) is -2.07. The second kappa shape index (κ2) is 17.8. The van der Waals surface area contributed by atoms with Crippen molar-refractivity contribution < 1.29 is 34.0 Å². The van der Waals surface area contributed by atoms with Crippen LogP contribution >= 0.6 is 34.8 Å². The molecule has 0 aromatic carbocycles. The number of halogens is 3. The quantitative estimate of drug-likeness (QED) is 0.0877. The van der Waals surface area contributed by atoms with Gasteiger partial charge in [-0.05, 0) is 63.2 Å². The molecule has 6 atom stereocenters. The third-order valence-electron chi connectivity index (χ3n) is 7.18. The van der Waals surface area contributed by atoms with Crippen molar-refractivity contribution in [3.05, 3.63) is 24.3 Å². The van der Waals surface area contributed by atoms with Crippen LogP contribution in [0.3, 0.4) is 0 Å². The molecule has 3 unspecified atom stereocenters. The topological polar surface area (TPSA) is 102 Å². The minimum Gasteiger partial charge on any atom is -0.481 e. The van der Waals surface area contributed by atoms with Gasteiger partial charge in [0.1, 0.15) is 0 Å². The van der Waals surface area contributed by atoms with Gasteiger partial charge in [-0.15, -0.1) is 0 Å². The van der Waals surface area contributed by atoms with Gasteiger partial charge in [-0.25, -0.2) is 4.79 Å². The number of hydrogen-bond acceptors (Lipinski definition) is 6. The summed E-state index contributed by atoms with van der Waals surface area (Å²) in [5, 5.41) is 19.7. The zero-order chi connectivity index (χ0) is 28.0. The van der Waals surface area contributed by atoms with Crippen LogP contribution in [-0.4, -0.2) is 57.7 Å². The average Bonchev–Trinajstić information content (AvgIpc) is 3.16. The summed E-state index contributed by atoms with van der Waals surface area (Å²) in [6.45, 7) is 2.91. The van der Waals surface area contributed by atoms with Gasteiger partial charge in [0.15, 0.2) is 6.29 Å². The fourth-order valence-corrected chi connectivity index (χ4v) is 5.28. The molecule has 7 nitrogen and oxygen atoms in total. The monoisotopic (exact) mass is 596 g/mol. The smallest absolute Gasteiger partial charge is 0.358 e. The number of carbonyl (C=O) groups excluding carboxylic acids is 1. The van der Waals surface area contributed by atoms with E-state index in [0.717, 1.165) is 44.9 Å². The molecule has 1 saturated carbocycles. The highest BCUT2D eigenvalue weighted by Gasteiger charge is 2.42. The molecule has 1 aliphatic carbocycles. The number of aliphatic hydroxyl groups is 1. The van der Waals surface area contributed by atoms with Crippen LogP contribution in [-0.2, 0) is 23.8 Å². The fraction of sp³-hybridized carbons (Fsp3) is 0.786.